The van der Waals surface area contributed by atoms with Crippen LogP contribution in [0.25, 0.3) is 11.0 Å². The van der Waals surface area contributed by atoms with Crippen LogP contribution < -0.4 is 10.5 Å². The highest BCUT2D eigenvalue weighted by Gasteiger charge is 2.05. The molecule has 0 aliphatic rings. The van der Waals surface area contributed by atoms with Gasteiger partial charge in [-0.2, -0.15) is 0 Å². The topological polar surface area (TPSA) is 63.9 Å². The van der Waals surface area contributed by atoms with Gasteiger partial charge in [0, 0.05) is 24.5 Å². The van der Waals surface area contributed by atoms with Crippen molar-refractivity contribution in [3.63, 3.8) is 0 Å². The molecule has 0 fully saturated rings. The van der Waals surface area contributed by atoms with Crippen LogP contribution >= 0.6 is 0 Å². The van der Waals surface area contributed by atoms with Crippen molar-refractivity contribution in [2.75, 3.05) is 6.61 Å². The van der Waals surface area contributed by atoms with E-state index in [9.17, 15) is 0 Å². The summed E-state index contributed by atoms with van der Waals surface area (Å²) in [5.74, 6) is 0.831. The summed E-state index contributed by atoms with van der Waals surface area (Å²) in [6.45, 7) is 3.09. The molecule has 2 heterocycles. The van der Waals surface area contributed by atoms with Crippen LogP contribution in [0.2, 0.25) is 0 Å². The predicted molar refractivity (Wildman–Crippen MR) is 55.2 cm³/mol. The van der Waals surface area contributed by atoms with Crippen molar-refractivity contribution in [2.45, 2.75) is 13.5 Å². The minimum atomic E-state index is 0.488. The first kappa shape index (κ1) is 9.02. The Hall–Kier alpha value is -1.55. The van der Waals surface area contributed by atoms with E-state index in [1.807, 2.05) is 19.1 Å². The highest BCUT2D eigenvalue weighted by atomic mass is 16.5. The second-order valence-electron chi connectivity index (χ2n) is 3.00. The molecular weight excluding hydrogens is 178 g/mol. The van der Waals surface area contributed by atoms with Crippen LogP contribution in [0.15, 0.2) is 18.3 Å². The molecule has 0 saturated carbocycles. The zero-order chi connectivity index (χ0) is 9.97. The van der Waals surface area contributed by atoms with Gasteiger partial charge in [0.2, 0.25) is 0 Å². The Bertz CT molecular complexity index is 436. The number of ether oxygens (including phenoxy) is 1. The Balaban J connectivity index is 2.55. The molecule has 2 aromatic heterocycles. The molecular formula is C10H13N3O. The van der Waals surface area contributed by atoms with Crippen molar-refractivity contribution in [3.8, 4) is 5.75 Å². The number of pyridine rings is 1. The monoisotopic (exact) mass is 191 g/mol. The normalized spacial score (nSPS) is 10.7. The molecule has 0 radical (unpaired) electrons. The molecule has 0 aliphatic carbocycles. The van der Waals surface area contributed by atoms with Crippen LogP contribution in [0.4, 0.5) is 0 Å². The predicted octanol–water partition coefficient (Wildman–Crippen LogP) is 1.42. The Labute approximate surface area is 82.1 Å². The van der Waals surface area contributed by atoms with E-state index < -0.39 is 0 Å². The lowest BCUT2D eigenvalue weighted by Crippen LogP contribution is -1.96. The summed E-state index contributed by atoms with van der Waals surface area (Å²) in [4.78, 5) is 7.41. The van der Waals surface area contributed by atoms with Gasteiger partial charge in [-0.25, -0.2) is 0 Å². The second-order valence-corrected chi connectivity index (χ2v) is 3.00. The second kappa shape index (κ2) is 3.67. The highest BCUT2D eigenvalue weighted by molar-refractivity contribution is 5.82. The van der Waals surface area contributed by atoms with Gasteiger partial charge in [0.1, 0.15) is 11.3 Å². The molecule has 0 bridgehead atoms. The van der Waals surface area contributed by atoms with Crippen molar-refractivity contribution >= 4 is 11.0 Å². The number of hydrogen-bond donors (Lipinski definition) is 2. The highest BCUT2D eigenvalue weighted by Crippen LogP contribution is 2.23. The number of hydrogen-bond acceptors (Lipinski definition) is 3. The third kappa shape index (κ3) is 1.44. The smallest absolute Gasteiger partial charge is 0.146 e. The third-order valence-electron chi connectivity index (χ3n) is 2.06. The van der Waals surface area contributed by atoms with Gasteiger partial charge < -0.3 is 15.5 Å². The van der Waals surface area contributed by atoms with Gasteiger partial charge >= 0.3 is 0 Å². The summed E-state index contributed by atoms with van der Waals surface area (Å²) in [5, 5.41) is 0. The van der Waals surface area contributed by atoms with Crippen LogP contribution in [0.1, 0.15) is 12.6 Å². The number of aromatic amines is 1. The number of nitrogens with one attached hydrogen (secondary N) is 1. The zero-order valence-electron chi connectivity index (χ0n) is 8.08. The van der Waals surface area contributed by atoms with Crippen LogP contribution in [0.3, 0.4) is 0 Å². The summed E-state index contributed by atoms with van der Waals surface area (Å²) in [7, 11) is 0. The lowest BCUT2D eigenvalue weighted by molar-refractivity contribution is 0.343. The van der Waals surface area contributed by atoms with E-state index in [0.717, 1.165) is 22.5 Å². The number of H-pyrrole nitrogens is 1. The molecule has 0 aliphatic heterocycles. The molecule has 0 atom stereocenters. The van der Waals surface area contributed by atoms with E-state index in [-0.39, 0.29) is 0 Å². The van der Waals surface area contributed by atoms with Crippen molar-refractivity contribution < 1.29 is 4.74 Å². The first-order valence-electron chi connectivity index (χ1n) is 4.64. The van der Waals surface area contributed by atoms with Crippen LogP contribution in [0, 0.1) is 0 Å². The zero-order valence-corrected chi connectivity index (χ0v) is 8.08. The fourth-order valence-corrected chi connectivity index (χ4v) is 1.44. The molecule has 14 heavy (non-hydrogen) atoms. The van der Waals surface area contributed by atoms with E-state index in [0.29, 0.717) is 13.2 Å². The van der Waals surface area contributed by atoms with E-state index in [1.54, 1.807) is 6.20 Å². The molecule has 0 spiro atoms. The maximum absolute atomic E-state index is 5.54. The fraction of sp³-hybridized carbons (Fsp3) is 0.300. The van der Waals surface area contributed by atoms with Crippen molar-refractivity contribution in [2.24, 2.45) is 5.73 Å². The van der Waals surface area contributed by atoms with Gasteiger partial charge in [-0.15, -0.1) is 0 Å². The molecule has 2 rings (SSSR count). The largest absolute Gasteiger partial charge is 0.492 e. The van der Waals surface area contributed by atoms with Crippen molar-refractivity contribution in [1.29, 1.82) is 0 Å². The van der Waals surface area contributed by atoms with E-state index >= 15 is 0 Å². The Kier molecular flexibility index (Phi) is 2.37. The van der Waals surface area contributed by atoms with Gasteiger partial charge in [0.25, 0.3) is 0 Å². The van der Waals surface area contributed by atoms with Gasteiger partial charge in [-0.1, -0.05) is 0 Å². The van der Waals surface area contributed by atoms with Gasteiger partial charge in [0.05, 0.1) is 12.1 Å². The Morgan fingerprint density at radius 2 is 2.43 bits per heavy atom. The van der Waals surface area contributed by atoms with Crippen molar-refractivity contribution in [1.82, 2.24) is 9.97 Å². The Morgan fingerprint density at radius 1 is 1.57 bits per heavy atom. The van der Waals surface area contributed by atoms with Crippen molar-refractivity contribution in [3.05, 3.63) is 24.0 Å². The number of nitrogens with zero attached hydrogens (tertiary/aromatic N) is 1. The third-order valence-corrected chi connectivity index (χ3v) is 2.06. The maximum atomic E-state index is 5.54. The summed E-state index contributed by atoms with van der Waals surface area (Å²) in [6.07, 6.45) is 1.74. The maximum Gasteiger partial charge on any atom is 0.146 e. The molecule has 0 unspecified atom stereocenters. The molecule has 74 valence electrons. The SMILES string of the molecule is CCOc1ccnc2cc(CN)[nH]c12. The van der Waals surface area contributed by atoms with Gasteiger partial charge in [-0.3, -0.25) is 4.98 Å². The van der Waals surface area contributed by atoms with E-state index in [2.05, 4.69) is 9.97 Å². The molecule has 4 nitrogen and oxygen atoms in total. The van der Waals surface area contributed by atoms with E-state index in [4.69, 9.17) is 10.5 Å². The molecule has 0 saturated heterocycles. The minimum Gasteiger partial charge on any atom is -0.492 e. The fourth-order valence-electron chi connectivity index (χ4n) is 1.44. The summed E-state index contributed by atoms with van der Waals surface area (Å²) < 4.78 is 5.46. The lowest BCUT2D eigenvalue weighted by Gasteiger charge is -2.02. The molecule has 3 N–H and O–H groups in total. The number of fused-ring (bicyclic) bond motifs is 1. The standard InChI is InChI=1S/C10H13N3O/c1-2-14-9-3-4-12-8-5-7(6-11)13-10(8)9/h3-5,13H,2,6,11H2,1H3. The molecule has 4 heteroatoms. The summed E-state index contributed by atoms with van der Waals surface area (Å²) in [5.41, 5.74) is 8.33. The van der Waals surface area contributed by atoms with Gasteiger partial charge in [-0.05, 0) is 13.0 Å². The first-order valence-corrected chi connectivity index (χ1v) is 4.64. The molecule has 0 aromatic carbocycles. The van der Waals surface area contributed by atoms with Crippen LogP contribution in [0.5, 0.6) is 5.75 Å². The quantitative estimate of drug-likeness (QED) is 0.771. The average molecular weight is 191 g/mol. The molecule has 2 aromatic rings. The van der Waals surface area contributed by atoms with E-state index in [1.165, 1.54) is 0 Å². The minimum absolute atomic E-state index is 0.488. The summed E-state index contributed by atoms with van der Waals surface area (Å²) in [6, 6.07) is 3.79. The molecule has 0 amide bonds. The number of aromatic nitrogens is 2. The Morgan fingerprint density at radius 3 is 3.14 bits per heavy atom. The number of rotatable bonds is 3. The first-order chi connectivity index (χ1) is 6.85. The number of nitrogens with two attached hydrogens (primary N) is 1. The average Bonchev–Trinajstić information content (AvgIpc) is 2.62. The van der Waals surface area contributed by atoms with Crippen LogP contribution in [-0.4, -0.2) is 16.6 Å². The van der Waals surface area contributed by atoms with Gasteiger partial charge in [0.15, 0.2) is 0 Å². The summed E-state index contributed by atoms with van der Waals surface area (Å²) >= 11 is 0. The lowest BCUT2D eigenvalue weighted by atomic mass is 10.3. The van der Waals surface area contributed by atoms with Crippen LogP contribution in [-0.2, 0) is 6.54 Å².